The number of hydrogen-bond acceptors (Lipinski definition) is 2. The van der Waals surface area contributed by atoms with Crippen LogP contribution in [-0.2, 0) is 5.60 Å². The first-order chi connectivity index (χ1) is 15.5. The summed E-state index contributed by atoms with van der Waals surface area (Å²) in [6.45, 7) is 0. The Balaban J connectivity index is 1.86. The van der Waals surface area contributed by atoms with Gasteiger partial charge in [-0.25, -0.2) is 4.98 Å². The molecular formula is C24H14F6N2O. The average Bonchev–Trinajstić information content (AvgIpc) is 3.23. The van der Waals surface area contributed by atoms with Crippen molar-refractivity contribution in [1.82, 2.24) is 9.97 Å². The van der Waals surface area contributed by atoms with Gasteiger partial charge in [-0.15, -0.1) is 0 Å². The van der Waals surface area contributed by atoms with Gasteiger partial charge < -0.3 is 10.1 Å². The molecule has 0 radical (unpaired) electrons. The standard InChI is InChI=1S/C24H14F6N2O/c25-23(26,27)22(33,24(28,29)30)18-12-6-5-11-17(18)21-31-19-15-9-3-1-7-13(15)14-8-2-4-10-16(14)20(19)32-21/h1-12,33H,(H,31,32). The lowest BCUT2D eigenvalue weighted by atomic mass is 9.88. The molecular weight excluding hydrogens is 446 g/mol. The normalized spacial score (nSPS) is 13.3. The van der Waals surface area contributed by atoms with Gasteiger partial charge in [0, 0.05) is 21.9 Å². The van der Waals surface area contributed by atoms with Crippen LogP contribution >= 0.6 is 0 Å². The number of aromatic amines is 1. The van der Waals surface area contributed by atoms with E-state index in [1.807, 2.05) is 24.3 Å². The Morgan fingerprint density at radius 3 is 1.73 bits per heavy atom. The molecule has 0 bridgehead atoms. The molecule has 0 amide bonds. The molecule has 0 unspecified atom stereocenters. The summed E-state index contributed by atoms with van der Waals surface area (Å²) in [7, 11) is 0. The molecule has 2 N–H and O–H groups in total. The summed E-state index contributed by atoms with van der Waals surface area (Å²) in [5.41, 5.74) is -6.05. The Labute approximate surface area is 182 Å². The smallest absolute Gasteiger partial charge is 0.369 e. The lowest BCUT2D eigenvalue weighted by Crippen LogP contribution is -2.54. The van der Waals surface area contributed by atoms with Crippen molar-refractivity contribution in [3.63, 3.8) is 0 Å². The number of aromatic nitrogens is 2. The zero-order chi connectivity index (χ0) is 23.6. The van der Waals surface area contributed by atoms with Gasteiger partial charge in [0.2, 0.25) is 0 Å². The van der Waals surface area contributed by atoms with Crippen molar-refractivity contribution in [2.75, 3.05) is 0 Å². The molecule has 168 valence electrons. The molecule has 4 aromatic carbocycles. The molecule has 0 saturated heterocycles. The fourth-order valence-corrected chi connectivity index (χ4v) is 4.22. The van der Waals surface area contributed by atoms with E-state index in [-0.39, 0.29) is 5.82 Å². The molecule has 9 heteroatoms. The molecule has 3 nitrogen and oxygen atoms in total. The quantitative estimate of drug-likeness (QED) is 0.224. The summed E-state index contributed by atoms with van der Waals surface area (Å²) in [5.74, 6) is -0.214. The number of imidazole rings is 1. The number of alkyl halides is 6. The number of halogens is 6. The highest BCUT2D eigenvalue weighted by Crippen LogP contribution is 2.52. The molecule has 0 spiro atoms. The second-order valence-electron chi connectivity index (χ2n) is 7.65. The number of benzene rings is 4. The summed E-state index contributed by atoms with van der Waals surface area (Å²) in [6.07, 6.45) is -12.0. The molecule has 1 heterocycles. The van der Waals surface area contributed by atoms with Crippen molar-refractivity contribution in [2.45, 2.75) is 18.0 Å². The summed E-state index contributed by atoms with van der Waals surface area (Å²) >= 11 is 0. The van der Waals surface area contributed by atoms with Gasteiger partial charge in [0.15, 0.2) is 0 Å². The second-order valence-corrected chi connectivity index (χ2v) is 7.65. The van der Waals surface area contributed by atoms with E-state index in [1.165, 1.54) is 6.07 Å². The third-order valence-corrected chi connectivity index (χ3v) is 5.77. The molecule has 0 aliphatic heterocycles. The Bertz CT molecular complexity index is 1430. The van der Waals surface area contributed by atoms with Crippen LogP contribution in [0.15, 0.2) is 72.8 Å². The Hall–Kier alpha value is -3.59. The minimum absolute atomic E-state index is 0.214. The fourth-order valence-electron chi connectivity index (χ4n) is 4.22. The van der Waals surface area contributed by atoms with Crippen LogP contribution in [0.5, 0.6) is 0 Å². The van der Waals surface area contributed by atoms with E-state index in [0.717, 1.165) is 22.9 Å². The van der Waals surface area contributed by atoms with E-state index in [2.05, 4.69) is 9.97 Å². The topological polar surface area (TPSA) is 48.9 Å². The molecule has 33 heavy (non-hydrogen) atoms. The maximum atomic E-state index is 13.6. The summed E-state index contributed by atoms with van der Waals surface area (Å²) in [5, 5.41) is 13.1. The molecule has 0 aliphatic rings. The number of fused-ring (bicyclic) bond motifs is 6. The largest absolute Gasteiger partial charge is 0.430 e. The number of aliphatic hydroxyl groups is 1. The monoisotopic (exact) mass is 460 g/mol. The van der Waals surface area contributed by atoms with Gasteiger partial charge in [-0.1, -0.05) is 72.8 Å². The number of nitrogens with one attached hydrogen (secondary N) is 1. The van der Waals surface area contributed by atoms with E-state index in [9.17, 15) is 31.4 Å². The van der Waals surface area contributed by atoms with Gasteiger partial charge in [-0.05, 0) is 10.8 Å². The van der Waals surface area contributed by atoms with Crippen molar-refractivity contribution in [2.24, 2.45) is 0 Å². The third-order valence-electron chi connectivity index (χ3n) is 5.77. The maximum Gasteiger partial charge on any atom is 0.430 e. The van der Waals surface area contributed by atoms with Gasteiger partial charge in [0.05, 0.1) is 11.0 Å². The lowest BCUT2D eigenvalue weighted by Gasteiger charge is -2.33. The Morgan fingerprint density at radius 2 is 1.12 bits per heavy atom. The van der Waals surface area contributed by atoms with E-state index < -0.39 is 29.1 Å². The minimum Gasteiger partial charge on any atom is -0.369 e. The van der Waals surface area contributed by atoms with E-state index in [4.69, 9.17) is 0 Å². The molecule has 0 atom stereocenters. The predicted molar refractivity (Wildman–Crippen MR) is 113 cm³/mol. The number of hydrogen-bond donors (Lipinski definition) is 2. The predicted octanol–water partition coefficient (Wildman–Crippen LogP) is 6.85. The molecule has 5 aromatic rings. The van der Waals surface area contributed by atoms with Crippen molar-refractivity contribution < 1.29 is 31.4 Å². The van der Waals surface area contributed by atoms with Crippen LogP contribution in [0.25, 0.3) is 44.0 Å². The lowest BCUT2D eigenvalue weighted by molar-refractivity contribution is -0.376. The van der Waals surface area contributed by atoms with Crippen molar-refractivity contribution >= 4 is 32.6 Å². The van der Waals surface area contributed by atoms with Gasteiger partial charge in [-0.2, -0.15) is 26.3 Å². The van der Waals surface area contributed by atoms with E-state index >= 15 is 0 Å². The Kier molecular flexibility index (Phi) is 4.48. The SMILES string of the molecule is OC(c1ccccc1-c1nc2c3ccccc3c3ccccc3c2[nH]1)(C(F)(F)F)C(F)(F)F. The van der Waals surface area contributed by atoms with Gasteiger partial charge in [0.1, 0.15) is 5.82 Å². The molecule has 5 rings (SSSR count). The van der Waals surface area contributed by atoms with Crippen molar-refractivity contribution in [1.29, 1.82) is 0 Å². The summed E-state index contributed by atoms with van der Waals surface area (Å²) < 4.78 is 81.6. The van der Waals surface area contributed by atoms with Gasteiger partial charge >= 0.3 is 12.4 Å². The molecule has 0 fully saturated rings. The molecule has 1 aromatic heterocycles. The minimum atomic E-state index is -6.01. The van der Waals surface area contributed by atoms with Crippen LogP contribution in [0, 0.1) is 0 Å². The van der Waals surface area contributed by atoms with Gasteiger partial charge in [-0.3, -0.25) is 0 Å². The van der Waals surface area contributed by atoms with Gasteiger partial charge in [0.25, 0.3) is 5.60 Å². The third kappa shape index (κ3) is 2.99. The van der Waals surface area contributed by atoms with Crippen LogP contribution in [0.3, 0.4) is 0 Å². The highest BCUT2D eigenvalue weighted by molar-refractivity contribution is 6.23. The first-order valence-corrected chi connectivity index (χ1v) is 9.79. The van der Waals surface area contributed by atoms with Crippen LogP contribution in [0.4, 0.5) is 26.3 Å². The zero-order valence-corrected chi connectivity index (χ0v) is 16.6. The highest BCUT2D eigenvalue weighted by atomic mass is 19.4. The first kappa shape index (κ1) is 21.3. The van der Waals surface area contributed by atoms with E-state index in [0.29, 0.717) is 27.9 Å². The van der Waals surface area contributed by atoms with Crippen LogP contribution in [0.1, 0.15) is 5.56 Å². The Morgan fingerprint density at radius 1 is 0.636 bits per heavy atom. The molecule has 0 saturated carbocycles. The highest BCUT2D eigenvalue weighted by Gasteiger charge is 2.72. The average molecular weight is 460 g/mol. The number of rotatable bonds is 2. The van der Waals surface area contributed by atoms with Crippen LogP contribution < -0.4 is 0 Å². The number of H-pyrrole nitrogens is 1. The molecule has 0 aliphatic carbocycles. The van der Waals surface area contributed by atoms with Crippen molar-refractivity contribution in [3.05, 3.63) is 78.4 Å². The fraction of sp³-hybridized carbons (Fsp3) is 0.125. The van der Waals surface area contributed by atoms with Crippen LogP contribution in [0.2, 0.25) is 0 Å². The number of nitrogens with zero attached hydrogens (tertiary/aromatic N) is 1. The maximum absolute atomic E-state index is 13.6. The zero-order valence-electron chi connectivity index (χ0n) is 16.6. The first-order valence-electron chi connectivity index (χ1n) is 9.79. The summed E-state index contributed by atoms with van der Waals surface area (Å²) in [4.78, 5) is 7.30. The second kappa shape index (κ2) is 6.95. The summed E-state index contributed by atoms with van der Waals surface area (Å²) in [6, 6.07) is 18.5. The van der Waals surface area contributed by atoms with E-state index in [1.54, 1.807) is 24.3 Å². The van der Waals surface area contributed by atoms with Crippen molar-refractivity contribution in [3.8, 4) is 11.4 Å². The van der Waals surface area contributed by atoms with Crippen LogP contribution in [-0.4, -0.2) is 27.4 Å².